The SMILES string of the molecule is CC(=O)[C@]1(O)Cc2c(O)c3c(c(O)c2[C@@H](OC2CC(NC(=O)C(F)(F)F)C(O)C(C)O2)C1)C(=O)C1C=CC=CC1C3=O. The first-order valence-corrected chi connectivity index (χ1v) is 13.2. The van der Waals surface area contributed by atoms with Gasteiger partial charge in [-0.25, -0.2) is 0 Å². The third-order valence-electron chi connectivity index (χ3n) is 8.39. The van der Waals surface area contributed by atoms with Crippen LogP contribution in [-0.2, 0) is 25.5 Å². The number of phenolic OH excluding ortho intramolecular Hbond substituents is 2. The van der Waals surface area contributed by atoms with Gasteiger partial charge in [0.05, 0.1) is 41.2 Å². The highest BCUT2D eigenvalue weighted by atomic mass is 19.4. The van der Waals surface area contributed by atoms with Gasteiger partial charge in [0.25, 0.3) is 0 Å². The van der Waals surface area contributed by atoms with E-state index in [4.69, 9.17) is 9.47 Å². The summed E-state index contributed by atoms with van der Waals surface area (Å²) in [7, 11) is 0. The number of aliphatic hydroxyl groups is 2. The van der Waals surface area contributed by atoms with Crippen LogP contribution in [0.2, 0.25) is 0 Å². The van der Waals surface area contributed by atoms with E-state index in [2.05, 4.69) is 0 Å². The molecule has 1 fully saturated rings. The summed E-state index contributed by atoms with van der Waals surface area (Å²) in [5.74, 6) is -7.65. The smallest absolute Gasteiger partial charge is 0.471 e. The number of hydrogen-bond acceptors (Lipinski definition) is 10. The summed E-state index contributed by atoms with van der Waals surface area (Å²) in [5, 5.41) is 46.0. The number of halogens is 3. The van der Waals surface area contributed by atoms with Crippen LogP contribution in [-0.4, -0.2) is 80.0 Å². The van der Waals surface area contributed by atoms with Gasteiger partial charge in [-0.1, -0.05) is 24.3 Å². The number of alkyl halides is 3. The topological polar surface area (TPSA) is 180 Å². The Hall–Kier alpha value is -3.59. The van der Waals surface area contributed by atoms with Crippen molar-refractivity contribution in [2.75, 3.05) is 0 Å². The van der Waals surface area contributed by atoms with Crippen molar-refractivity contribution < 1.29 is 62.2 Å². The molecule has 14 heteroatoms. The number of allylic oxidation sites excluding steroid dienone is 4. The van der Waals surface area contributed by atoms with Gasteiger partial charge in [-0.05, 0) is 13.8 Å². The predicted molar refractivity (Wildman–Crippen MR) is 134 cm³/mol. The van der Waals surface area contributed by atoms with E-state index in [1.54, 1.807) is 17.5 Å². The van der Waals surface area contributed by atoms with Crippen LogP contribution in [0.5, 0.6) is 11.5 Å². The van der Waals surface area contributed by atoms with Crippen LogP contribution >= 0.6 is 0 Å². The molecule has 3 aliphatic carbocycles. The monoisotopic (exact) mass is 595 g/mol. The summed E-state index contributed by atoms with van der Waals surface area (Å²) in [4.78, 5) is 50.9. The van der Waals surface area contributed by atoms with Crippen molar-refractivity contribution in [3.8, 4) is 11.5 Å². The summed E-state index contributed by atoms with van der Waals surface area (Å²) >= 11 is 0. The number of carbonyl (C=O) groups excluding carboxylic acids is 4. The minimum absolute atomic E-state index is 0.203. The second-order valence-electron chi connectivity index (χ2n) is 11.1. The average Bonchev–Trinajstić information content (AvgIpc) is 2.91. The number of fused-ring (bicyclic) bond motifs is 3. The van der Waals surface area contributed by atoms with E-state index in [1.165, 1.54) is 19.1 Å². The lowest BCUT2D eigenvalue weighted by Gasteiger charge is -2.43. The fourth-order valence-electron chi connectivity index (χ4n) is 6.11. The summed E-state index contributed by atoms with van der Waals surface area (Å²) in [6.07, 6.45) is -6.31. The number of ketones is 3. The summed E-state index contributed by atoms with van der Waals surface area (Å²) in [6.45, 7) is 2.40. The number of aromatic hydroxyl groups is 2. The summed E-state index contributed by atoms with van der Waals surface area (Å²) < 4.78 is 50.2. The number of aliphatic hydroxyl groups excluding tert-OH is 1. The minimum Gasteiger partial charge on any atom is -0.507 e. The number of rotatable bonds is 4. The highest BCUT2D eigenvalue weighted by Crippen LogP contribution is 2.53. The molecule has 5 N–H and O–H groups in total. The first-order chi connectivity index (χ1) is 19.5. The van der Waals surface area contributed by atoms with Crippen LogP contribution < -0.4 is 5.32 Å². The Balaban J connectivity index is 1.56. The average molecular weight is 596 g/mol. The van der Waals surface area contributed by atoms with Crippen LogP contribution in [0.1, 0.15) is 64.6 Å². The lowest BCUT2D eigenvalue weighted by Crippen LogP contribution is -2.57. The van der Waals surface area contributed by atoms with Gasteiger partial charge in [-0.2, -0.15) is 13.2 Å². The van der Waals surface area contributed by atoms with Crippen LogP contribution in [0.25, 0.3) is 0 Å². The zero-order chi connectivity index (χ0) is 30.9. The molecule has 1 amide bonds. The van der Waals surface area contributed by atoms with Gasteiger partial charge in [0, 0.05) is 30.4 Å². The van der Waals surface area contributed by atoms with Crippen molar-refractivity contribution in [3.63, 3.8) is 0 Å². The molecule has 8 atom stereocenters. The van der Waals surface area contributed by atoms with E-state index in [-0.39, 0.29) is 11.1 Å². The molecule has 11 nitrogen and oxygen atoms in total. The highest BCUT2D eigenvalue weighted by molar-refractivity contribution is 6.20. The zero-order valence-electron chi connectivity index (χ0n) is 22.3. The number of benzene rings is 1. The Morgan fingerprint density at radius 3 is 2.19 bits per heavy atom. The third kappa shape index (κ3) is 4.81. The maximum absolute atomic E-state index is 13.5. The second kappa shape index (κ2) is 10.3. The first kappa shape index (κ1) is 29.9. The Kier molecular flexibility index (Phi) is 7.33. The lowest BCUT2D eigenvalue weighted by molar-refractivity contribution is -0.250. The molecule has 0 radical (unpaired) electrons. The van der Waals surface area contributed by atoms with E-state index in [0.717, 1.165) is 6.92 Å². The number of Topliss-reactive ketones (excluding diaryl/α,β-unsaturated/α-hetero) is 3. The van der Waals surface area contributed by atoms with Crippen LogP contribution in [0.15, 0.2) is 24.3 Å². The molecule has 0 spiro atoms. The standard InChI is InChI=1S/C28H28F3NO10/c1-10-21(34)15(32-26(39)28(29,30)31)7-17(41-10)42-16-9-27(40,11(2)33)8-14-18(16)25(38)20-19(24(14)37)22(35)12-5-3-4-6-13(12)23(20)36/h3-6,10,12-13,15-17,21,34,37-38,40H,7-9H2,1-2H3,(H,32,39)/t10?,12?,13?,15?,16-,17?,21?,27-/m0/s1. The Labute approximate surface area is 236 Å². The van der Waals surface area contributed by atoms with Crippen molar-refractivity contribution in [1.82, 2.24) is 5.32 Å². The molecule has 0 bridgehead atoms. The summed E-state index contributed by atoms with van der Waals surface area (Å²) in [5.41, 5.74) is -3.50. The molecule has 1 aliphatic heterocycles. The molecule has 0 aromatic heterocycles. The van der Waals surface area contributed by atoms with Crippen molar-refractivity contribution in [3.05, 3.63) is 46.6 Å². The molecule has 1 heterocycles. The molecular formula is C28H28F3NO10. The van der Waals surface area contributed by atoms with Gasteiger partial charge >= 0.3 is 12.1 Å². The van der Waals surface area contributed by atoms with E-state index < -0.39 is 119 Å². The van der Waals surface area contributed by atoms with Gasteiger partial charge in [0.15, 0.2) is 23.6 Å². The molecule has 6 unspecified atom stereocenters. The van der Waals surface area contributed by atoms with Crippen LogP contribution in [0.3, 0.4) is 0 Å². The lowest BCUT2D eigenvalue weighted by atomic mass is 9.68. The molecule has 1 aromatic rings. The molecule has 226 valence electrons. The largest absolute Gasteiger partial charge is 0.507 e. The number of phenols is 2. The van der Waals surface area contributed by atoms with Crippen molar-refractivity contribution in [1.29, 1.82) is 0 Å². The molecule has 42 heavy (non-hydrogen) atoms. The third-order valence-corrected chi connectivity index (χ3v) is 8.39. The molecule has 1 saturated heterocycles. The fraction of sp³-hybridized carbons (Fsp3) is 0.500. The van der Waals surface area contributed by atoms with Crippen molar-refractivity contribution in [2.45, 2.75) is 75.5 Å². The predicted octanol–water partition coefficient (Wildman–Crippen LogP) is 1.70. The number of carbonyl (C=O) groups is 4. The van der Waals surface area contributed by atoms with Crippen LogP contribution in [0.4, 0.5) is 13.2 Å². The molecule has 0 saturated carbocycles. The maximum atomic E-state index is 13.5. The van der Waals surface area contributed by atoms with Gasteiger partial charge in [0.1, 0.15) is 23.2 Å². The highest BCUT2D eigenvalue weighted by Gasteiger charge is 2.51. The molecule has 5 rings (SSSR count). The zero-order valence-corrected chi connectivity index (χ0v) is 22.3. The van der Waals surface area contributed by atoms with Gasteiger partial charge in [0.2, 0.25) is 0 Å². The Bertz CT molecular complexity index is 1440. The minimum atomic E-state index is -5.23. The molecule has 1 aromatic carbocycles. The van der Waals surface area contributed by atoms with E-state index in [0.29, 0.717) is 0 Å². The number of ether oxygens (including phenoxy) is 2. The van der Waals surface area contributed by atoms with E-state index in [9.17, 15) is 52.8 Å². The number of amides is 1. The van der Waals surface area contributed by atoms with E-state index >= 15 is 0 Å². The molecule has 4 aliphatic rings. The molecular weight excluding hydrogens is 567 g/mol. The van der Waals surface area contributed by atoms with Crippen molar-refractivity contribution in [2.24, 2.45) is 11.8 Å². The Morgan fingerprint density at radius 2 is 1.64 bits per heavy atom. The first-order valence-electron chi connectivity index (χ1n) is 13.2. The number of hydrogen-bond donors (Lipinski definition) is 5. The van der Waals surface area contributed by atoms with Crippen molar-refractivity contribution >= 4 is 23.3 Å². The van der Waals surface area contributed by atoms with Gasteiger partial charge < -0.3 is 35.2 Å². The summed E-state index contributed by atoms with van der Waals surface area (Å²) in [6, 6.07) is -1.48. The Morgan fingerprint density at radius 1 is 1.07 bits per heavy atom. The number of nitrogens with one attached hydrogen (secondary N) is 1. The van der Waals surface area contributed by atoms with Gasteiger partial charge in [-0.15, -0.1) is 0 Å². The normalized spacial score (nSPS) is 33.9. The fourth-order valence-corrected chi connectivity index (χ4v) is 6.11. The second-order valence-corrected chi connectivity index (χ2v) is 11.1. The van der Waals surface area contributed by atoms with Gasteiger partial charge in [-0.3, -0.25) is 19.2 Å². The van der Waals surface area contributed by atoms with Crippen LogP contribution in [0, 0.1) is 11.8 Å². The maximum Gasteiger partial charge on any atom is 0.471 e. The quantitative estimate of drug-likeness (QED) is 0.322. The van der Waals surface area contributed by atoms with E-state index in [1.807, 2.05) is 0 Å².